The van der Waals surface area contributed by atoms with Gasteiger partial charge in [-0.1, -0.05) is 24.3 Å². The largest absolute Gasteiger partial charge is 0.465 e. The molecule has 0 radical (unpaired) electrons. The number of rotatable bonds is 5. The molecule has 0 saturated carbocycles. The molecule has 2 N–H and O–H groups in total. The lowest BCUT2D eigenvalue weighted by Crippen LogP contribution is -2.21. The van der Waals surface area contributed by atoms with Gasteiger partial charge in [-0.3, -0.25) is 4.98 Å². The summed E-state index contributed by atoms with van der Waals surface area (Å²) in [5, 5.41) is 13.2. The number of hydrogen-bond acceptors (Lipinski definition) is 2. The molecule has 0 spiro atoms. The highest BCUT2D eigenvalue weighted by Crippen LogP contribution is 2.17. The average Bonchev–Trinajstić information content (AvgIpc) is 2.38. The first-order valence-corrected chi connectivity index (χ1v) is 6.07. The van der Waals surface area contributed by atoms with Crippen LogP contribution in [0.25, 0.3) is 10.8 Å². The Morgan fingerprint density at radius 2 is 2.06 bits per heavy atom. The van der Waals surface area contributed by atoms with Crippen LogP contribution in [0.1, 0.15) is 18.5 Å². The number of hydrogen-bond donors (Lipinski definition) is 2. The van der Waals surface area contributed by atoms with Crippen LogP contribution in [-0.4, -0.2) is 22.7 Å². The van der Waals surface area contributed by atoms with Gasteiger partial charge in [0.25, 0.3) is 0 Å². The maximum absolute atomic E-state index is 10.3. The SMILES string of the molecule is O=C(O)NCCCCc1nccc2ccccc12. The molecule has 0 bridgehead atoms. The van der Waals surface area contributed by atoms with Crippen LogP contribution in [0.4, 0.5) is 4.79 Å². The zero-order valence-electron chi connectivity index (χ0n) is 10.1. The van der Waals surface area contributed by atoms with Crippen molar-refractivity contribution in [1.29, 1.82) is 0 Å². The highest BCUT2D eigenvalue weighted by Gasteiger charge is 2.01. The van der Waals surface area contributed by atoms with E-state index in [2.05, 4.69) is 22.4 Å². The highest BCUT2D eigenvalue weighted by atomic mass is 16.4. The maximum Gasteiger partial charge on any atom is 0.404 e. The van der Waals surface area contributed by atoms with Crippen LogP contribution in [0, 0.1) is 0 Å². The molecule has 1 heterocycles. The van der Waals surface area contributed by atoms with Crippen molar-refractivity contribution in [3.05, 3.63) is 42.2 Å². The number of aryl methyl sites for hydroxylation is 1. The molecule has 4 heteroatoms. The molecular weight excluding hydrogens is 228 g/mol. The number of aromatic nitrogens is 1. The smallest absolute Gasteiger partial charge is 0.404 e. The molecule has 0 unspecified atom stereocenters. The summed E-state index contributed by atoms with van der Waals surface area (Å²) in [4.78, 5) is 14.7. The minimum absolute atomic E-state index is 0.500. The molecule has 1 amide bonds. The van der Waals surface area contributed by atoms with Crippen molar-refractivity contribution < 1.29 is 9.90 Å². The summed E-state index contributed by atoms with van der Waals surface area (Å²) in [7, 11) is 0. The van der Waals surface area contributed by atoms with E-state index >= 15 is 0 Å². The number of benzene rings is 1. The molecule has 0 aliphatic heterocycles. The lowest BCUT2D eigenvalue weighted by Gasteiger charge is -2.05. The van der Waals surface area contributed by atoms with Gasteiger partial charge < -0.3 is 10.4 Å². The van der Waals surface area contributed by atoms with E-state index in [1.54, 1.807) is 0 Å². The standard InChI is InChI=1S/C14H16N2O2/c17-14(18)16-9-4-3-7-13-12-6-2-1-5-11(12)8-10-15-13/h1-2,5-6,8,10,16H,3-4,7,9H2,(H,17,18). The van der Waals surface area contributed by atoms with Crippen LogP contribution in [-0.2, 0) is 6.42 Å². The molecule has 1 aromatic carbocycles. The second-order valence-corrected chi connectivity index (χ2v) is 4.17. The van der Waals surface area contributed by atoms with E-state index in [1.165, 1.54) is 10.8 Å². The first-order chi connectivity index (χ1) is 8.77. The second kappa shape index (κ2) is 6.00. The summed E-state index contributed by atoms with van der Waals surface area (Å²) in [6.07, 6.45) is 3.51. The van der Waals surface area contributed by atoms with E-state index in [0.29, 0.717) is 6.54 Å². The summed E-state index contributed by atoms with van der Waals surface area (Å²) < 4.78 is 0. The van der Waals surface area contributed by atoms with Crippen molar-refractivity contribution in [2.24, 2.45) is 0 Å². The van der Waals surface area contributed by atoms with Gasteiger partial charge in [0.2, 0.25) is 0 Å². The van der Waals surface area contributed by atoms with Crippen molar-refractivity contribution in [2.45, 2.75) is 19.3 Å². The normalized spacial score (nSPS) is 10.4. The van der Waals surface area contributed by atoms with Crippen molar-refractivity contribution in [3.63, 3.8) is 0 Å². The fourth-order valence-corrected chi connectivity index (χ4v) is 1.99. The third-order valence-electron chi connectivity index (χ3n) is 2.87. The molecule has 0 fully saturated rings. The Morgan fingerprint density at radius 3 is 2.89 bits per heavy atom. The Bertz CT molecular complexity index is 535. The Labute approximate surface area is 106 Å². The van der Waals surface area contributed by atoms with Crippen molar-refractivity contribution in [2.75, 3.05) is 6.54 Å². The number of carbonyl (C=O) groups is 1. The van der Waals surface area contributed by atoms with Crippen molar-refractivity contribution in [3.8, 4) is 0 Å². The quantitative estimate of drug-likeness (QED) is 0.795. The van der Waals surface area contributed by atoms with Gasteiger partial charge in [-0.05, 0) is 30.7 Å². The lowest BCUT2D eigenvalue weighted by molar-refractivity contribution is 0.194. The minimum Gasteiger partial charge on any atom is -0.465 e. The van der Waals surface area contributed by atoms with Crippen LogP contribution in [0.2, 0.25) is 0 Å². The van der Waals surface area contributed by atoms with Crippen LogP contribution in [0.5, 0.6) is 0 Å². The number of carboxylic acid groups (broad SMARTS) is 1. The molecule has 0 aliphatic carbocycles. The van der Waals surface area contributed by atoms with Gasteiger partial charge in [0.15, 0.2) is 0 Å². The van der Waals surface area contributed by atoms with E-state index in [1.807, 2.05) is 24.4 Å². The van der Waals surface area contributed by atoms with Gasteiger partial charge in [0.05, 0.1) is 0 Å². The van der Waals surface area contributed by atoms with E-state index < -0.39 is 6.09 Å². The van der Waals surface area contributed by atoms with Crippen LogP contribution in [0.3, 0.4) is 0 Å². The molecule has 4 nitrogen and oxygen atoms in total. The summed E-state index contributed by atoms with van der Waals surface area (Å²) in [6, 6.07) is 10.2. The average molecular weight is 244 g/mol. The predicted molar refractivity (Wildman–Crippen MR) is 70.7 cm³/mol. The number of nitrogens with one attached hydrogen (secondary N) is 1. The third kappa shape index (κ3) is 3.20. The Kier molecular flexibility index (Phi) is 4.12. The van der Waals surface area contributed by atoms with E-state index in [-0.39, 0.29) is 0 Å². The number of pyridine rings is 1. The maximum atomic E-state index is 10.3. The van der Waals surface area contributed by atoms with E-state index in [0.717, 1.165) is 25.0 Å². The first kappa shape index (κ1) is 12.4. The summed E-state index contributed by atoms with van der Waals surface area (Å²) in [5.74, 6) is 0. The van der Waals surface area contributed by atoms with Crippen molar-refractivity contribution >= 4 is 16.9 Å². The number of nitrogens with zero attached hydrogens (tertiary/aromatic N) is 1. The Hall–Kier alpha value is -2.10. The Morgan fingerprint density at radius 1 is 1.22 bits per heavy atom. The molecule has 18 heavy (non-hydrogen) atoms. The monoisotopic (exact) mass is 244 g/mol. The molecule has 0 atom stereocenters. The molecule has 0 saturated heterocycles. The molecule has 2 rings (SSSR count). The van der Waals surface area contributed by atoms with Crippen LogP contribution < -0.4 is 5.32 Å². The highest BCUT2D eigenvalue weighted by molar-refractivity contribution is 5.84. The number of amides is 1. The minimum atomic E-state index is -0.960. The summed E-state index contributed by atoms with van der Waals surface area (Å²) in [6.45, 7) is 0.500. The van der Waals surface area contributed by atoms with Crippen LogP contribution >= 0.6 is 0 Å². The van der Waals surface area contributed by atoms with Crippen LogP contribution in [0.15, 0.2) is 36.5 Å². The fraction of sp³-hybridized carbons (Fsp3) is 0.286. The summed E-state index contributed by atoms with van der Waals surface area (Å²) >= 11 is 0. The number of unbranched alkanes of at least 4 members (excludes halogenated alkanes) is 1. The number of fused-ring (bicyclic) bond motifs is 1. The zero-order chi connectivity index (χ0) is 12.8. The zero-order valence-corrected chi connectivity index (χ0v) is 10.1. The fourth-order valence-electron chi connectivity index (χ4n) is 1.99. The summed E-state index contributed by atoms with van der Waals surface area (Å²) in [5.41, 5.74) is 1.09. The lowest BCUT2D eigenvalue weighted by atomic mass is 10.1. The first-order valence-electron chi connectivity index (χ1n) is 6.07. The predicted octanol–water partition coefficient (Wildman–Crippen LogP) is 2.83. The topological polar surface area (TPSA) is 62.2 Å². The van der Waals surface area contributed by atoms with E-state index in [4.69, 9.17) is 5.11 Å². The van der Waals surface area contributed by atoms with Gasteiger partial charge in [0.1, 0.15) is 0 Å². The van der Waals surface area contributed by atoms with Gasteiger partial charge in [-0.2, -0.15) is 0 Å². The second-order valence-electron chi connectivity index (χ2n) is 4.17. The van der Waals surface area contributed by atoms with Crippen molar-refractivity contribution in [1.82, 2.24) is 10.3 Å². The molecule has 0 aliphatic rings. The van der Waals surface area contributed by atoms with Gasteiger partial charge in [-0.25, -0.2) is 4.79 Å². The van der Waals surface area contributed by atoms with E-state index in [9.17, 15) is 4.79 Å². The molecular formula is C14H16N2O2. The van der Waals surface area contributed by atoms with Gasteiger partial charge in [0, 0.05) is 23.8 Å². The third-order valence-corrected chi connectivity index (χ3v) is 2.87. The molecule has 1 aromatic heterocycles. The molecule has 94 valence electrons. The van der Waals surface area contributed by atoms with Gasteiger partial charge in [-0.15, -0.1) is 0 Å². The Balaban J connectivity index is 1.93. The molecule has 2 aromatic rings. The van der Waals surface area contributed by atoms with Gasteiger partial charge >= 0.3 is 6.09 Å².